The zero-order chi connectivity index (χ0) is 13.1. The van der Waals surface area contributed by atoms with Crippen LogP contribution in [0.2, 0.25) is 0 Å². The van der Waals surface area contributed by atoms with E-state index in [0.29, 0.717) is 6.54 Å². The van der Waals surface area contributed by atoms with E-state index >= 15 is 0 Å². The van der Waals surface area contributed by atoms with Crippen LogP contribution >= 0.6 is 10.7 Å². The fourth-order valence-corrected chi connectivity index (χ4v) is 2.15. The molecule has 17 heavy (non-hydrogen) atoms. The van der Waals surface area contributed by atoms with Crippen LogP contribution in [0.4, 0.5) is 0 Å². The van der Waals surface area contributed by atoms with Gasteiger partial charge < -0.3 is 4.57 Å². The van der Waals surface area contributed by atoms with Gasteiger partial charge in [0.25, 0.3) is 9.05 Å². The second-order valence-electron chi connectivity index (χ2n) is 3.91. The molecule has 4 nitrogen and oxygen atoms in total. The molecule has 0 aliphatic heterocycles. The van der Waals surface area contributed by atoms with Crippen LogP contribution < -0.4 is 0 Å². The molecule has 0 aliphatic rings. The number of aryl methyl sites for hydroxylation is 1. The maximum absolute atomic E-state index is 11.2. The summed E-state index contributed by atoms with van der Waals surface area (Å²) < 4.78 is 24.3. The van der Waals surface area contributed by atoms with Crippen LogP contribution in [-0.2, 0) is 22.0 Å². The molecule has 0 fully saturated rings. The summed E-state index contributed by atoms with van der Waals surface area (Å²) in [6.45, 7) is 8.53. The quantitative estimate of drug-likeness (QED) is 0.593. The highest BCUT2D eigenvalue weighted by Gasteiger charge is 2.17. The summed E-state index contributed by atoms with van der Waals surface area (Å²) in [5.41, 5.74) is 1.03. The van der Waals surface area contributed by atoms with E-state index in [4.69, 9.17) is 10.7 Å². The highest BCUT2D eigenvalue weighted by atomic mass is 35.7. The monoisotopic (exact) mass is 276 g/mol. The van der Waals surface area contributed by atoms with Crippen molar-refractivity contribution >= 4 is 19.7 Å². The summed E-state index contributed by atoms with van der Waals surface area (Å²) in [5.74, 6) is 0.737. The first-order chi connectivity index (χ1) is 7.88. The van der Waals surface area contributed by atoms with Gasteiger partial charge in [0.1, 0.15) is 5.82 Å². The Hall–Kier alpha value is -0.810. The van der Waals surface area contributed by atoms with Crippen molar-refractivity contribution in [2.45, 2.75) is 44.7 Å². The molecule has 0 N–H and O–H groups in total. The molecule has 0 amide bonds. The average molecular weight is 277 g/mol. The molecule has 0 spiro atoms. The molecular formula is C11H17ClN2O2S. The van der Waals surface area contributed by atoms with E-state index in [1.165, 1.54) is 6.20 Å². The Morgan fingerprint density at radius 2 is 2.18 bits per heavy atom. The Kier molecular flexibility index (Phi) is 4.77. The van der Waals surface area contributed by atoms with Crippen LogP contribution in [0.25, 0.3) is 0 Å². The molecule has 6 heteroatoms. The molecule has 0 atom stereocenters. The zero-order valence-corrected chi connectivity index (χ0v) is 11.7. The van der Waals surface area contributed by atoms with E-state index in [-0.39, 0.29) is 5.03 Å². The SMILES string of the molecule is C=C(CC)Cn1cc(S(=O)(=O)Cl)nc1CCC. The summed E-state index contributed by atoms with van der Waals surface area (Å²) in [6, 6.07) is 0. The molecule has 1 rings (SSSR count). The Morgan fingerprint density at radius 1 is 1.53 bits per heavy atom. The Morgan fingerprint density at radius 3 is 2.65 bits per heavy atom. The topological polar surface area (TPSA) is 52.0 Å². The third-order valence-electron chi connectivity index (χ3n) is 2.45. The van der Waals surface area contributed by atoms with Crippen LogP contribution in [0.5, 0.6) is 0 Å². The van der Waals surface area contributed by atoms with Crippen molar-refractivity contribution in [1.29, 1.82) is 0 Å². The van der Waals surface area contributed by atoms with E-state index in [2.05, 4.69) is 11.6 Å². The number of hydrogen-bond donors (Lipinski definition) is 0. The van der Waals surface area contributed by atoms with Gasteiger partial charge in [0, 0.05) is 29.8 Å². The van der Waals surface area contributed by atoms with E-state index in [1.807, 2.05) is 18.4 Å². The van der Waals surface area contributed by atoms with Gasteiger partial charge in [-0.2, -0.15) is 0 Å². The highest BCUT2D eigenvalue weighted by Crippen LogP contribution is 2.17. The van der Waals surface area contributed by atoms with Gasteiger partial charge in [-0.3, -0.25) is 0 Å². The molecule has 0 unspecified atom stereocenters. The molecule has 1 aromatic rings. The molecule has 96 valence electrons. The van der Waals surface area contributed by atoms with Crippen molar-refractivity contribution in [3.05, 3.63) is 24.2 Å². The number of imidazole rings is 1. The predicted molar refractivity (Wildman–Crippen MR) is 68.7 cm³/mol. The number of hydrogen-bond acceptors (Lipinski definition) is 3. The fraction of sp³-hybridized carbons (Fsp3) is 0.545. The minimum Gasteiger partial charge on any atom is -0.329 e. The van der Waals surface area contributed by atoms with Gasteiger partial charge in [0.15, 0.2) is 5.03 Å². The molecule has 0 aromatic carbocycles. The van der Waals surface area contributed by atoms with Gasteiger partial charge >= 0.3 is 0 Å². The molecule has 1 aromatic heterocycles. The minimum absolute atomic E-state index is 0.0773. The highest BCUT2D eigenvalue weighted by molar-refractivity contribution is 8.13. The summed E-state index contributed by atoms with van der Waals surface area (Å²) in [4.78, 5) is 4.06. The number of halogens is 1. The van der Waals surface area contributed by atoms with Crippen molar-refractivity contribution in [1.82, 2.24) is 9.55 Å². The van der Waals surface area contributed by atoms with Crippen LogP contribution in [-0.4, -0.2) is 18.0 Å². The Labute approximate surface area is 107 Å². The van der Waals surface area contributed by atoms with Gasteiger partial charge in [-0.25, -0.2) is 13.4 Å². The lowest BCUT2D eigenvalue weighted by Gasteiger charge is -2.07. The van der Waals surface area contributed by atoms with Crippen LogP contribution in [0.1, 0.15) is 32.5 Å². The molecular weight excluding hydrogens is 260 g/mol. The summed E-state index contributed by atoms with van der Waals surface area (Å²) in [6.07, 6.45) is 3.96. The van der Waals surface area contributed by atoms with Crippen molar-refractivity contribution in [2.24, 2.45) is 0 Å². The second-order valence-corrected chi connectivity index (χ2v) is 6.43. The second kappa shape index (κ2) is 5.69. The molecule has 1 heterocycles. The number of rotatable bonds is 6. The van der Waals surface area contributed by atoms with Crippen molar-refractivity contribution < 1.29 is 8.42 Å². The van der Waals surface area contributed by atoms with E-state index < -0.39 is 9.05 Å². The third-order valence-corrected chi connectivity index (χ3v) is 3.63. The molecule has 0 saturated carbocycles. The van der Waals surface area contributed by atoms with Crippen molar-refractivity contribution in [2.75, 3.05) is 0 Å². The normalized spacial score (nSPS) is 11.7. The van der Waals surface area contributed by atoms with Crippen LogP contribution in [0.15, 0.2) is 23.4 Å². The number of nitrogens with zero attached hydrogens (tertiary/aromatic N) is 2. The Bertz CT molecular complexity index is 506. The average Bonchev–Trinajstić information content (AvgIpc) is 2.62. The summed E-state index contributed by atoms with van der Waals surface area (Å²) in [5, 5.41) is -0.0773. The zero-order valence-electron chi connectivity index (χ0n) is 10.1. The summed E-state index contributed by atoms with van der Waals surface area (Å²) >= 11 is 0. The van der Waals surface area contributed by atoms with E-state index in [1.54, 1.807) is 0 Å². The predicted octanol–water partition coefficient (Wildman–Crippen LogP) is 2.73. The fourth-order valence-electron chi connectivity index (χ4n) is 1.46. The maximum atomic E-state index is 11.2. The number of aromatic nitrogens is 2. The van der Waals surface area contributed by atoms with E-state index in [0.717, 1.165) is 30.7 Å². The van der Waals surface area contributed by atoms with Gasteiger partial charge in [0.2, 0.25) is 0 Å². The van der Waals surface area contributed by atoms with Gasteiger partial charge in [-0.15, -0.1) is 0 Å². The molecule has 0 aliphatic carbocycles. The first kappa shape index (κ1) is 14.3. The lowest BCUT2D eigenvalue weighted by molar-refractivity contribution is 0.606. The summed E-state index contributed by atoms with van der Waals surface area (Å²) in [7, 11) is 1.53. The van der Waals surface area contributed by atoms with Crippen molar-refractivity contribution in [3.63, 3.8) is 0 Å². The molecule has 0 saturated heterocycles. The minimum atomic E-state index is -3.75. The molecule has 0 bridgehead atoms. The first-order valence-electron chi connectivity index (χ1n) is 5.55. The maximum Gasteiger partial charge on any atom is 0.280 e. The number of allylic oxidation sites excluding steroid dienone is 1. The molecule has 0 radical (unpaired) electrons. The van der Waals surface area contributed by atoms with Crippen LogP contribution in [0, 0.1) is 0 Å². The van der Waals surface area contributed by atoms with Gasteiger partial charge in [-0.1, -0.05) is 26.0 Å². The van der Waals surface area contributed by atoms with Crippen LogP contribution in [0.3, 0.4) is 0 Å². The standard InChI is InChI=1S/C11H17ClN2O2S/c1-4-6-10-13-11(17(12,15)16)8-14(10)7-9(3)5-2/h8H,3-7H2,1-2H3. The third kappa shape index (κ3) is 3.85. The van der Waals surface area contributed by atoms with Crippen molar-refractivity contribution in [3.8, 4) is 0 Å². The van der Waals surface area contributed by atoms with Gasteiger partial charge in [0.05, 0.1) is 0 Å². The van der Waals surface area contributed by atoms with Gasteiger partial charge in [-0.05, 0) is 12.8 Å². The Balaban J connectivity index is 3.09. The van der Waals surface area contributed by atoms with E-state index in [9.17, 15) is 8.42 Å². The largest absolute Gasteiger partial charge is 0.329 e. The first-order valence-corrected chi connectivity index (χ1v) is 7.86. The lowest BCUT2D eigenvalue weighted by atomic mass is 10.2. The lowest BCUT2D eigenvalue weighted by Crippen LogP contribution is -2.04. The smallest absolute Gasteiger partial charge is 0.280 e.